The molecule has 138 valence electrons. The molecular weight excluding hydrogens is 350 g/mol. The second-order valence-electron chi connectivity index (χ2n) is 6.39. The molecule has 0 aliphatic carbocycles. The minimum absolute atomic E-state index is 0.104. The zero-order valence-electron chi connectivity index (χ0n) is 15.2. The van der Waals surface area contributed by atoms with Crippen LogP contribution in [0.5, 0.6) is 0 Å². The molecule has 0 spiro atoms. The quantitative estimate of drug-likeness (QED) is 0.471. The highest BCUT2D eigenvalue weighted by Crippen LogP contribution is 2.18. The van der Waals surface area contributed by atoms with E-state index in [-0.39, 0.29) is 5.91 Å². The maximum atomic E-state index is 12.9. The van der Waals surface area contributed by atoms with Gasteiger partial charge in [0.05, 0.1) is 18.3 Å². The molecule has 5 heteroatoms. The molecule has 3 aromatic heterocycles. The molecular formula is C23H19N3O2. The van der Waals surface area contributed by atoms with Crippen molar-refractivity contribution in [3.8, 4) is 0 Å². The van der Waals surface area contributed by atoms with Crippen molar-refractivity contribution >= 4 is 22.9 Å². The molecule has 0 bridgehead atoms. The predicted molar refractivity (Wildman–Crippen MR) is 108 cm³/mol. The lowest BCUT2D eigenvalue weighted by atomic mass is 10.1. The highest BCUT2D eigenvalue weighted by Gasteiger charge is 2.14. The molecule has 0 atom stereocenters. The number of benzene rings is 1. The van der Waals surface area contributed by atoms with Crippen LogP contribution in [0.4, 0.5) is 0 Å². The Morgan fingerprint density at radius 2 is 1.89 bits per heavy atom. The van der Waals surface area contributed by atoms with E-state index in [2.05, 4.69) is 9.97 Å². The van der Waals surface area contributed by atoms with Crippen LogP contribution in [-0.4, -0.2) is 20.8 Å². The van der Waals surface area contributed by atoms with Crippen LogP contribution in [0.2, 0.25) is 0 Å². The third kappa shape index (κ3) is 4.15. The van der Waals surface area contributed by atoms with Crippen LogP contribution in [0.25, 0.3) is 17.0 Å². The second-order valence-corrected chi connectivity index (χ2v) is 6.39. The summed E-state index contributed by atoms with van der Waals surface area (Å²) < 4.78 is 5.43. The Bertz CT molecular complexity index is 1080. The summed E-state index contributed by atoms with van der Waals surface area (Å²) in [7, 11) is 0. The molecule has 1 aromatic carbocycles. The number of hydrogen-bond acceptors (Lipinski definition) is 4. The van der Waals surface area contributed by atoms with Gasteiger partial charge in [-0.1, -0.05) is 30.3 Å². The number of aromatic nitrogens is 2. The number of hydrogen-bond donors (Lipinski definition) is 0. The van der Waals surface area contributed by atoms with Gasteiger partial charge in [-0.3, -0.25) is 14.8 Å². The van der Waals surface area contributed by atoms with Gasteiger partial charge in [0.2, 0.25) is 5.91 Å². The van der Waals surface area contributed by atoms with Crippen LogP contribution in [0, 0.1) is 0 Å². The van der Waals surface area contributed by atoms with Crippen molar-refractivity contribution in [1.29, 1.82) is 0 Å². The van der Waals surface area contributed by atoms with Gasteiger partial charge in [-0.05, 0) is 35.9 Å². The van der Waals surface area contributed by atoms with Crippen LogP contribution in [-0.2, 0) is 17.9 Å². The smallest absolute Gasteiger partial charge is 0.247 e. The van der Waals surface area contributed by atoms with Gasteiger partial charge in [-0.15, -0.1) is 0 Å². The normalized spacial score (nSPS) is 11.1. The Hall–Kier alpha value is -3.73. The first-order chi connectivity index (χ1) is 13.8. The van der Waals surface area contributed by atoms with Crippen LogP contribution in [0.3, 0.4) is 0 Å². The second kappa shape index (κ2) is 8.31. The Labute approximate surface area is 163 Å². The molecule has 0 N–H and O–H groups in total. The van der Waals surface area contributed by atoms with E-state index < -0.39 is 0 Å². The van der Waals surface area contributed by atoms with E-state index in [4.69, 9.17) is 4.42 Å². The fourth-order valence-electron chi connectivity index (χ4n) is 3.04. The Balaban J connectivity index is 1.58. The number of pyridine rings is 2. The largest absolute Gasteiger partial charge is 0.467 e. The van der Waals surface area contributed by atoms with E-state index >= 15 is 0 Å². The van der Waals surface area contributed by atoms with Gasteiger partial charge >= 0.3 is 0 Å². The van der Waals surface area contributed by atoms with E-state index in [1.54, 1.807) is 35.8 Å². The Morgan fingerprint density at radius 3 is 2.71 bits per heavy atom. The van der Waals surface area contributed by atoms with Crippen LogP contribution >= 0.6 is 0 Å². The molecule has 4 rings (SSSR count). The molecule has 0 aliphatic heterocycles. The molecule has 1 amide bonds. The molecule has 0 aliphatic rings. The number of amides is 1. The first kappa shape index (κ1) is 17.7. The van der Waals surface area contributed by atoms with Gasteiger partial charge in [0.15, 0.2) is 0 Å². The summed E-state index contributed by atoms with van der Waals surface area (Å²) in [6, 6.07) is 17.3. The lowest BCUT2D eigenvalue weighted by Gasteiger charge is -2.20. The maximum Gasteiger partial charge on any atom is 0.247 e. The lowest BCUT2D eigenvalue weighted by molar-refractivity contribution is -0.127. The average molecular weight is 369 g/mol. The van der Waals surface area contributed by atoms with Gasteiger partial charge in [0.25, 0.3) is 0 Å². The first-order valence-electron chi connectivity index (χ1n) is 9.01. The molecule has 4 aromatic rings. The van der Waals surface area contributed by atoms with Crippen molar-refractivity contribution in [2.24, 2.45) is 0 Å². The number of furan rings is 1. The minimum Gasteiger partial charge on any atom is -0.467 e. The van der Waals surface area contributed by atoms with Crippen molar-refractivity contribution in [2.45, 2.75) is 13.1 Å². The van der Waals surface area contributed by atoms with E-state index in [0.29, 0.717) is 13.1 Å². The molecule has 3 heterocycles. The SMILES string of the molecule is O=C(/C=C/c1cccc2cccnc12)N(Cc1cccnc1)Cc1ccco1. The van der Waals surface area contributed by atoms with Gasteiger partial charge in [-0.2, -0.15) is 0 Å². The summed E-state index contributed by atoms with van der Waals surface area (Å²) in [5, 5.41) is 1.04. The number of carbonyl (C=O) groups is 1. The van der Waals surface area contributed by atoms with Crippen LogP contribution in [0.15, 0.2) is 89.9 Å². The average Bonchev–Trinajstić information content (AvgIpc) is 3.25. The van der Waals surface area contributed by atoms with Crippen LogP contribution < -0.4 is 0 Å². The van der Waals surface area contributed by atoms with E-state index in [0.717, 1.165) is 27.8 Å². The fourth-order valence-corrected chi connectivity index (χ4v) is 3.04. The summed E-state index contributed by atoms with van der Waals surface area (Å²) in [5.74, 6) is 0.630. The van der Waals surface area contributed by atoms with Gasteiger partial charge in [0, 0.05) is 42.2 Å². The molecule has 5 nitrogen and oxygen atoms in total. The molecule has 0 unspecified atom stereocenters. The number of rotatable bonds is 6. The molecule has 0 radical (unpaired) electrons. The van der Waals surface area contributed by atoms with Gasteiger partial charge < -0.3 is 9.32 Å². The van der Waals surface area contributed by atoms with E-state index in [1.165, 1.54) is 0 Å². The van der Waals surface area contributed by atoms with Crippen molar-refractivity contribution in [2.75, 3.05) is 0 Å². The number of carbonyl (C=O) groups excluding carboxylic acids is 1. The predicted octanol–water partition coefficient (Wildman–Crippen LogP) is 4.47. The number of nitrogens with zero attached hydrogens (tertiary/aromatic N) is 3. The van der Waals surface area contributed by atoms with Gasteiger partial charge in [-0.25, -0.2) is 0 Å². The summed E-state index contributed by atoms with van der Waals surface area (Å²) in [6.45, 7) is 0.838. The van der Waals surface area contributed by atoms with Crippen molar-refractivity contribution < 1.29 is 9.21 Å². The minimum atomic E-state index is -0.104. The molecule has 0 saturated heterocycles. The summed E-state index contributed by atoms with van der Waals surface area (Å²) in [6.07, 6.45) is 10.3. The first-order valence-corrected chi connectivity index (χ1v) is 9.01. The molecule has 28 heavy (non-hydrogen) atoms. The van der Waals surface area contributed by atoms with Gasteiger partial charge in [0.1, 0.15) is 5.76 Å². The number of fused-ring (bicyclic) bond motifs is 1. The van der Waals surface area contributed by atoms with E-state index in [1.807, 2.05) is 60.7 Å². The standard InChI is InChI=1S/C23H19N3O2/c27-22(11-10-20-7-1-6-19-8-3-13-25-23(19)20)26(17-21-9-4-14-28-21)16-18-5-2-12-24-15-18/h1-15H,16-17H2/b11-10+. The fraction of sp³-hybridized carbons (Fsp3) is 0.0870. The highest BCUT2D eigenvalue weighted by atomic mass is 16.3. The third-order valence-corrected chi connectivity index (χ3v) is 4.40. The van der Waals surface area contributed by atoms with Crippen molar-refractivity contribution in [3.63, 3.8) is 0 Å². The van der Waals surface area contributed by atoms with Crippen molar-refractivity contribution in [1.82, 2.24) is 14.9 Å². The monoisotopic (exact) mass is 369 g/mol. The maximum absolute atomic E-state index is 12.9. The summed E-state index contributed by atoms with van der Waals surface area (Å²) in [5.41, 5.74) is 2.74. The summed E-state index contributed by atoms with van der Waals surface area (Å²) in [4.78, 5) is 23.2. The zero-order valence-corrected chi connectivity index (χ0v) is 15.2. The Kier molecular flexibility index (Phi) is 5.24. The summed E-state index contributed by atoms with van der Waals surface area (Å²) >= 11 is 0. The third-order valence-electron chi connectivity index (χ3n) is 4.40. The van der Waals surface area contributed by atoms with Crippen LogP contribution in [0.1, 0.15) is 16.9 Å². The Morgan fingerprint density at radius 1 is 1.00 bits per heavy atom. The van der Waals surface area contributed by atoms with E-state index in [9.17, 15) is 4.79 Å². The molecule has 0 saturated carbocycles. The number of para-hydroxylation sites is 1. The topological polar surface area (TPSA) is 59.2 Å². The highest BCUT2D eigenvalue weighted by molar-refractivity contribution is 5.95. The molecule has 0 fully saturated rings. The zero-order chi connectivity index (χ0) is 19.2. The lowest BCUT2D eigenvalue weighted by Crippen LogP contribution is -2.28. The van der Waals surface area contributed by atoms with Crippen molar-refractivity contribution in [3.05, 3.63) is 102 Å².